The highest BCUT2D eigenvalue weighted by atomic mass is 32.1. The summed E-state index contributed by atoms with van der Waals surface area (Å²) >= 11 is 1.68. The van der Waals surface area contributed by atoms with E-state index in [2.05, 4.69) is 11.4 Å². The van der Waals surface area contributed by atoms with Crippen LogP contribution in [-0.4, -0.2) is 47.7 Å². The molecule has 25 heavy (non-hydrogen) atoms. The topological polar surface area (TPSA) is 78.9 Å². The monoisotopic (exact) mass is 364 g/mol. The molecule has 136 valence electrons. The summed E-state index contributed by atoms with van der Waals surface area (Å²) in [5.41, 5.74) is -0.716. The number of fused-ring (bicyclic) bond motifs is 1. The Morgan fingerprint density at radius 1 is 1.40 bits per heavy atom. The van der Waals surface area contributed by atoms with Gasteiger partial charge in [-0.2, -0.15) is 0 Å². The largest absolute Gasteiger partial charge is 0.481 e. The third kappa shape index (κ3) is 3.04. The van der Waals surface area contributed by atoms with E-state index in [0.29, 0.717) is 26.1 Å². The average Bonchev–Trinajstić information content (AvgIpc) is 3.30. The summed E-state index contributed by atoms with van der Waals surface area (Å²) in [5.74, 6) is -0.640. The standard InChI is InChI=1S/C18H24N2O4S/c21-16(22)18-6-1-3-12(18)10-20(11-18)17(23)19-13-5-7-24-14(9-13)15-4-2-8-25-15/h2,4,8,12-14H,1,3,5-7,9-11H2,(H,19,23)(H,21,22)/t12-,13?,14?,18+/m0/s1. The summed E-state index contributed by atoms with van der Waals surface area (Å²) in [6.07, 6.45) is 4.17. The van der Waals surface area contributed by atoms with E-state index < -0.39 is 11.4 Å². The van der Waals surface area contributed by atoms with E-state index in [1.54, 1.807) is 16.2 Å². The van der Waals surface area contributed by atoms with Gasteiger partial charge < -0.3 is 20.1 Å². The minimum atomic E-state index is -0.742. The lowest BCUT2D eigenvalue weighted by Crippen LogP contribution is -2.47. The number of nitrogens with zero attached hydrogens (tertiary/aromatic N) is 1. The van der Waals surface area contributed by atoms with Crippen LogP contribution in [0, 0.1) is 11.3 Å². The molecule has 6 nitrogen and oxygen atoms in total. The summed E-state index contributed by atoms with van der Waals surface area (Å²) in [7, 11) is 0. The molecule has 4 atom stereocenters. The second-order valence-corrected chi connectivity index (χ2v) is 8.46. The first-order valence-electron chi connectivity index (χ1n) is 9.02. The number of carbonyl (C=O) groups is 2. The number of hydrogen-bond acceptors (Lipinski definition) is 4. The van der Waals surface area contributed by atoms with Gasteiger partial charge in [-0.1, -0.05) is 12.5 Å². The van der Waals surface area contributed by atoms with Crippen LogP contribution in [-0.2, 0) is 9.53 Å². The molecule has 0 radical (unpaired) electrons. The number of hydrogen-bond donors (Lipinski definition) is 2. The Hall–Kier alpha value is -1.60. The van der Waals surface area contributed by atoms with Crippen LogP contribution in [0.25, 0.3) is 0 Å². The summed E-state index contributed by atoms with van der Waals surface area (Å²) < 4.78 is 5.84. The molecule has 1 aliphatic carbocycles. The molecule has 7 heteroatoms. The molecule has 0 aromatic carbocycles. The first kappa shape index (κ1) is 16.8. The lowest BCUT2D eigenvalue weighted by Gasteiger charge is -2.31. The van der Waals surface area contributed by atoms with Crippen molar-refractivity contribution in [1.82, 2.24) is 10.2 Å². The lowest BCUT2D eigenvalue weighted by molar-refractivity contribution is -0.149. The van der Waals surface area contributed by atoms with Gasteiger partial charge in [0, 0.05) is 30.6 Å². The van der Waals surface area contributed by atoms with E-state index in [-0.39, 0.29) is 24.1 Å². The number of urea groups is 1. The van der Waals surface area contributed by atoms with Crippen molar-refractivity contribution in [3.05, 3.63) is 22.4 Å². The number of amides is 2. The molecule has 2 unspecified atom stereocenters. The molecule has 1 aromatic heterocycles. The van der Waals surface area contributed by atoms with Crippen LogP contribution in [0.4, 0.5) is 4.79 Å². The quantitative estimate of drug-likeness (QED) is 0.864. The second kappa shape index (κ2) is 6.61. The zero-order valence-corrected chi connectivity index (χ0v) is 15.0. The summed E-state index contributed by atoms with van der Waals surface area (Å²) in [4.78, 5) is 27.4. The van der Waals surface area contributed by atoms with Crippen LogP contribution in [0.5, 0.6) is 0 Å². The number of thiophene rings is 1. The highest BCUT2D eigenvalue weighted by Gasteiger charge is 2.55. The van der Waals surface area contributed by atoms with Gasteiger partial charge in [-0.15, -0.1) is 11.3 Å². The van der Waals surface area contributed by atoms with Gasteiger partial charge in [-0.25, -0.2) is 4.79 Å². The SMILES string of the molecule is O=C(NC1CCOC(c2cccs2)C1)N1C[C@@H]2CCC[C@@]2(C(=O)O)C1. The molecule has 0 bridgehead atoms. The lowest BCUT2D eigenvalue weighted by atomic mass is 9.81. The number of likely N-dealkylation sites (tertiary alicyclic amines) is 1. The van der Waals surface area contributed by atoms with Crippen LogP contribution in [0.2, 0.25) is 0 Å². The maximum absolute atomic E-state index is 12.7. The molecule has 3 aliphatic rings. The van der Waals surface area contributed by atoms with Crippen LogP contribution < -0.4 is 5.32 Å². The number of rotatable bonds is 3. The Kier molecular flexibility index (Phi) is 4.45. The van der Waals surface area contributed by atoms with Crippen molar-refractivity contribution in [1.29, 1.82) is 0 Å². The predicted octanol–water partition coefficient (Wildman–Crippen LogP) is 2.86. The fourth-order valence-corrected chi connectivity index (χ4v) is 5.45. The maximum Gasteiger partial charge on any atom is 0.317 e. The molecule has 3 fully saturated rings. The number of carboxylic acid groups (broad SMARTS) is 1. The molecule has 4 rings (SSSR count). The van der Waals surface area contributed by atoms with E-state index in [1.165, 1.54) is 4.88 Å². The van der Waals surface area contributed by atoms with Crippen molar-refractivity contribution in [3.63, 3.8) is 0 Å². The number of carbonyl (C=O) groups excluding carboxylic acids is 1. The third-order valence-electron chi connectivity index (χ3n) is 6.06. The Bertz CT molecular complexity index is 650. The van der Waals surface area contributed by atoms with E-state index in [0.717, 1.165) is 25.7 Å². The minimum absolute atomic E-state index is 0.0439. The van der Waals surface area contributed by atoms with Crippen molar-refractivity contribution >= 4 is 23.3 Å². The maximum atomic E-state index is 12.7. The van der Waals surface area contributed by atoms with Crippen molar-refractivity contribution in [2.75, 3.05) is 19.7 Å². The van der Waals surface area contributed by atoms with E-state index in [9.17, 15) is 14.7 Å². The van der Waals surface area contributed by atoms with Crippen molar-refractivity contribution < 1.29 is 19.4 Å². The van der Waals surface area contributed by atoms with E-state index >= 15 is 0 Å². The Morgan fingerprint density at radius 3 is 3.00 bits per heavy atom. The zero-order valence-electron chi connectivity index (χ0n) is 14.1. The van der Waals surface area contributed by atoms with E-state index in [4.69, 9.17) is 4.74 Å². The molecule has 3 heterocycles. The number of nitrogens with one attached hydrogen (secondary N) is 1. The van der Waals surface area contributed by atoms with Crippen LogP contribution in [0.3, 0.4) is 0 Å². The van der Waals surface area contributed by atoms with Crippen molar-refractivity contribution in [2.24, 2.45) is 11.3 Å². The Morgan fingerprint density at radius 2 is 2.28 bits per heavy atom. The molecule has 2 N–H and O–H groups in total. The first-order chi connectivity index (χ1) is 12.1. The highest BCUT2D eigenvalue weighted by molar-refractivity contribution is 7.10. The van der Waals surface area contributed by atoms with Crippen LogP contribution in [0.1, 0.15) is 43.1 Å². The molecular formula is C18H24N2O4S. The van der Waals surface area contributed by atoms with Gasteiger partial charge in [0.2, 0.25) is 0 Å². The normalized spacial score (nSPS) is 34.7. The molecular weight excluding hydrogens is 340 g/mol. The van der Waals surface area contributed by atoms with Gasteiger partial charge in [-0.05, 0) is 43.0 Å². The van der Waals surface area contributed by atoms with Crippen LogP contribution in [0.15, 0.2) is 17.5 Å². The molecule has 2 amide bonds. The van der Waals surface area contributed by atoms with Gasteiger partial charge in [0.25, 0.3) is 0 Å². The van der Waals surface area contributed by atoms with Gasteiger partial charge in [-0.3, -0.25) is 4.79 Å². The summed E-state index contributed by atoms with van der Waals surface area (Å²) in [5, 5.41) is 14.8. The second-order valence-electron chi connectivity index (χ2n) is 7.48. The minimum Gasteiger partial charge on any atom is -0.481 e. The fourth-order valence-electron chi connectivity index (χ4n) is 4.66. The molecule has 1 aromatic rings. The van der Waals surface area contributed by atoms with Crippen LogP contribution >= 0.6 is 11.3 Å². The summed E-state index contributed by atoms with van der Waals surface area (Å²) in [6, 6.07) is 4.04. The molecule has 2 saturated heterocycles. The Labute approximate surface area is 151 Å². The smallest absolute Gasteiger partial charge is 0.317 e. The van der Waals surface area contributed by atoms with Gasteiger partial charge in [0.15, 0.2) is 0 Å². The molecule has 1 saturated carbocycles. The zero-order chi connectivity index (χ0) is 17.4. The third-order valence-corrected chi connectivity index (χ3v) is 7.02. The highest BCUT2D eigenvalue weighted by Crippen LogP contribution is 2.48. The van der Waals surface area contributed by atoms with Gasteiger partial charge >= 0.3 is 12.0 Å². The van der Waals surface area contributed by atoms with E-state index in [1.807, 2.05) is 11.4 Å². The van der Waals surface area contributed by atoms with Crippen molar-refractivity contribution in [3.8, 4) is 0 Å². The van der Waals surface area contributed by atoms with Gasteiger partial charge in [0.05, 0.1) is 11.5 Å². The number of ether oxygens (including phenoxy) is 1. The average molecular weight is 364 g/mol. The van der Waals surface area contributed by atoms with Gasteiger partial charge in [0.1, 0.15) is 0 Å². The first-order valence-corrected chi connectivity index (χ1v) is 9.90. The fraction of sp³-hybridized carbons (Fsp3) is 0.667. The summed E-state index contributed by atoms with van der Waals surface area (Å²) in [6.45, 7) is 1.54. The molecule has 0 spiro atoms. The number of carboxylic acids is 1. The predicted molar refractivity (Wildman–Crippen MR) is 93.5 cm³/mol. The van der Waals surface area contributed by atoms with Crippen molar-refractivity contribution in [2.45, 2.75) is 44.2 Å². The molecule has 2 aliphatic heterocycles. The number of aliphatic carboxylic acids is 1. The Balaban J connectivity index is 1.37.